The Morgan fingerprint density at radius 2 is 2.17 bits per heavy atom. The lowest BCUT2D eigenvalue weighted by Gasteiger charge is -2.15. The van der Waals surface area contributed by atoms with Gasteiger partial charge in [-0.1, -0.05) is 0 Å². The summed E-state index contributed by atoms with van der Waals surface area (Å²) in [6.45, 7) is 5.23. The van der Waals surface area contributed by atoms with E-state index < -0.39 is 0 Å². The van der Waals surface area contributed by atoms with Crippen molar-refractivity contribution < 1.29 is 9.47 Å². The van der Waals surface area contributed by atoms with Gasteiger partial charge in [0.05, 0.1) is 12.1 Å². The summed E-state index contributed by atoms with van der Waals surface area (Å²) in [6, 6.07) is 7.49. The summed E-state index contributed by atoms with van der Waals surface area (Å²) in [5.41, 5.74) is 7.29. The summed E-state index contributed by atoms with van der Waals surface area (Å²) in [7, 11) is 0. The molecule has 0 amide bonds. The third-order valence-electron chi connectivity index (χ3n) is 2.61. The first-order chi connectivity index (χ1) is 8.70. The molecule has 1 aromatic heterocycles. The smallest absolute Gasteiger partial charge is 0.130 e. The molecule has 96 valence electrons. The Kier molecular flexibility index (Phi) is 3.99. The predicted octanol–water partition coefficient (Wildman–Crippen LogP) is 2.62. The highest BCUT2D eigenvalue weighted by Gasteiger charge is 2.08. The molecular formula is C14H18N2O2. The number of benzene rings is 1. The van der Waals surface area contributed by atoms with Gasteiger partial charge in [-0.2, -0.15) is 0 Å². The second-order valence-electron chi connectivity index (χ2n) is 4.17. The zero-order chi connectivity index (χ0) is 13.0. The van der Waals surface area contributed by atoms with Crippen LogP contribution in [0.4, 0.5) is 5.69 Å². The lowest BCUT2D eigenvalue weighted by atomic mass is 10.2. The molecule has 0 bridgehead atoms. The topological polar surface area (TPSA) is 57.4 Å². The molecule has 0 radical (unpaired) electrons. The molecule has 18 heavy (non-hydrogen) atoms. The summed E-state index contributed by atoms with van der Waals surface area (Å²) < 4.78 is 11.2. The lowest BCUT2D eigenvalue weighted by Crippen LogP contribution is -2.19. The highest BCUT2D eigenvalue weighted by atomic mass is 16.5. The average molecular weight is 246 g/mol. The molecule has 2 N–H and O–H groups in total. The van der Waals surface area contributed by atoms with E-state index in [1.54, 1.807) is 6.20 Å². The molecule has 2 aromatic rings. The molecule has 0 fully saturated rings. The van der Waals surface area contributed by atoms with Gasteiger partial charge >= 0.3 is 0 Å². The van der Waals surface area contributed by atoms with Crippen LogP contribution >= 0.6 is 0 Å². The van der Waals surface area contributed by atoms with Crippen LogP contribution in [-0.4, -0.2) is 24.3 Å². The van der Waals surface area contributed by atoms with Crippen molar-refractivity contribution in [2.45, 2.75) is 20.0 Å². The van der Waals surface area contributed by atoms with Gasteiger partial charge < -0.3 is 15.2 Å². The number of nitrogens with two attached hydrogens (primary N) is 1. The summed E-state index contributed by atoms with van der Waals surface area (Å²) in [5.74, 6) is 0.812. The average Bonchev–Trinajstić information content (AvgIpc) is 2.36. The van der Waals surface area contributed by atoms with Gasteiger partial charge in [-0.3, -0.25) is 4.98 Å². The SMILES string of the molecule is CCOCC(C)Oc1ccnc2cc(N)ccc12. The van der Waals surface area contributed by atoms with Crippen molar-refractivity contribution in [1.29, 1.82) is 0 Å². The molecule has 2 rings (SSSR count). The molecular weight excluding hydrogens is 228 g/mol. The van der Waals surface area contributed by atoms with Crippen molar-refractivity contribution in [3.63, 3.8) is 0 Å². The minimum atomic E-state index is 0.00750. The molecule has 0 aliphatic rings. The minimum absolute atomic E-state index is 0.00750. The lowest BCUT2D eigenvalue weighted by molar-refractivity contribution is 0.0665. The fourth-order valence-electron chi connectivity index (χ4n) is 1.78. The van der Waals surface area contributed by atoms with E-state index in [2.05, 4.69) is 4.98 Å². The Balaban J connectivity index is 2.22. The zero-order valence-electron chi connectivity index (χ0n) is 10.7. The highest BCUT2D eigenvalue weighted by molar-refractivity contribution is 5.87. The molecule has 0 saturated heterocycles. The van der Waals surface area contributed by atoms with E-state index in [4.69, 9.17) is 15.2 Å². The standard InChI is InChI=1S/C14H18N2O2/c1-3-17-9-10(2)18-14-6-7-16-13-8-11(15)4-5-12(13)14/h4-8,10H,3,9,15H2,1-2H3. The molecule has 1 aromatic carbocycles. The van der Waals surface area contributed by atoms with Gasteiger partial charge in [0.15, 0.2) is 0 Å². The van der Waals surface area contributed by atoms with Crippen molar-refractivity contribution in [3.8, 4) is 5.75 Å². The largest absolute Gasteiger partial charge is 0.488 e. The maximum Gasteiger partial charge on any atom is 0.130 e. The number of hydrogen-bond donors (Lipinski definition) is 1. The quantitative estimate of drug-likeness (QED) is 0.824. The molecule has 4 heteroatoms. The van der Waals surface area contributed by atoms with E-state index in [9.17, 15) is 0 Å². The maximum absolute atomic E-state index is 5.86. The number of hydrogen-bond acceptors (Lipinski definition) is 4. The Morgan fingerprint density at radius 1 is 1.33 bits per heavy atom. The van der Waals surface area contributed by atoms with Crippen LogP contribution in [0.25, 0.3) is 10.9 Å². The van der Waals surface area contributed by atoms with E-state index >= 15 is 0 Å². The third kappa shape index (κ3) is 2.90. The monoisotopic (exact) mass is 246 g/mol. The third-order valence-corrected chi connectivity index (χ3v) is 2.61. The number of nitrogen functional groups attached to an aromatic ring is 1. The fraction of sp³-hybridized carbons (Fsp3) is 0.357. The van der Waals surface area contributed by atoms with Crippen molar-refractivity contribution in [2.75, 3.05) is 18.9 Å². The van der Waals surface area contributed by atoms with Gasteiger partial charge in [0, 0.05) is 23.9 Å². The van der Waals surface area contributed by atoms with Crippen molar-refractivity contribution in [1.82, 2.24) is 4.98 Å². The van der Waals surface area contributed by atoms with Crippen molar-refractivity contribution >= 4 is 16.6 Å². The van der Waals surface area contributed by atoms with Crippen molar-refractivity contribution in [3.05, 3.63) is 30.5 Å². The first kappa shape index (κ1) is 12.6. The number of fused-ring (bicyclic) bond motifs is 1. The summed E-state index contributed by atoms with van der Waals surface area (Å²) >= 11 is 0. The van der Waals surface area contributed by atoms with Crippen molar-refractivity contribution in [2.24, 2.45) is 0 Å². The Bertz CT molecular complexity index is 528. The van der Waals surface area contributed by atoms with Crippen LogP contribution in [0.2, 0.25) is 0 Å². The summed E-state index contributed by atoms with van der Waals surface area (Å²) in [5, 5.41) is 0.968. The first-order valence-electron chi connectivity index (χ1n) is 6.09. The summed E-state index contributed by atoms with van der Waals surface area (Å²) in [6.07, 6.45) is 1.73. The maximum atomic E-state index is 5.86. The second kappa shape index (κ2) is 5.69. The van der Waals surface area contributed by atoms with E-state index in [0.717, 1.165) is 16.7 Å². The zero-order valence-corrected chi connectivity index (χ0v) is 10.7. The van der Waals surface area contributed by atoms with Crippen LogP contribution in [0.15, 0.2) is 30.5 Å². The van der Waals surface area contributed by atoms with Crippen LogP contribution in [0.5, 0.6) is 5.75 Å². The molecule has 4 nitrogen and oxygen atoms in total. The van der Waals surface area contributed by atoms with E-state index in [-0.39, 0.29) is 6.10 Å². The van der Waals surface area contributed by atoms with Gasteiger partial charge in [0.25, 0.3) is 0 Å². The number of rotatable bonds is 5. The molecule has 1 atom stereocenters. The highest BCUT2D eigenvalue weighted by Crippen LogP contribution is 2.26. The van der Waals surface area contributed by atoms with Crippen LogP contribution in [-0.2, 0) is 4.74 Å². The van der Waals surface area contributed by atoms with E-state index in [0.29, 0.717) is 18.9 Å². The van der Waals surface area contributed by atoms with E-state index in [1.165, 1.54) is 0 Å². The van der Waals surface area contributed by atoms with Gasteiger partial charge in [-0.05, 0) is 38.1 Å². The molecule has 1 unspecified atom stereocenters. The van der Waals surface area contributed by atoms with Gasteiger partial charge in [0.2, 0.25) is 0 Å². The molecule has 0 aliphatic heterocycles. The predicted molar refractivity (Wildman–Crippen MR) is 72.7 cm³/mol. The Morgan fingerprint density at radius 3 is 2.94 bits per heavy atom. The van der Waals surface area contributed by atoms with Gasteiger partial charge in [-0.25, -0.2) is 0 Å². The van der Waals surface area contributed by atoms with Gasteiger partial charge in [-0.15, -0.1) is 0 Å². The second-order valence-corrected chi connectivity index (χ2v) is 4.17. The van der Waals surface area contributed by atoms with E-state index in [1.807, 2.05) is 38.1 Å². The Labute approximate surface area is 107 Å². The number of anilines is 1. The molecule has 0 spiro atoms. The fourth-order valence-corrected chi connectivity index (χ4v) is 1.78. The number of nitrogens with zero attached hydrogens (tertiary/aromatic N) is 1. The molecule has 1 heterocycles. The van der Waals surface area contributed by atoms with Crippen LogP contribution in [0.3, 0.4) is 0 Å². The molecule has 0 aliphatic carbocycles. The normalized spacial score (nSPS) is 12.6. The number of aromatic nitrogens is 1. The first-order valence-corrected chi connectivity index (χ1v) is 6.09. The Hall–Kier alpha value is -1.81. The summed E-state index contributed by atoms with van der Waals surface area (Å²) in [4.78, 5) is 4.28. The van der Waals surface area contributed by atoms with Crippen LogP contribution in [0.1, 0.15) is 13.8 Å². The molecule has 0 saturated carbocycles. The minimum Gasteiger partial charge on any atom is -0.488 e. The number of pyridine rings is 1. The number of ether oxygens (including phenoxy) is 2. The van der Waals surface area contributed by atoms with Gasteiger partial charge in [0.1, 0.15) is 11.9 Å². The van der Waals surface area contributed by atoms with Crippen LogP contribution in [0, 0.1) is 0 Å². The van der Waals surface area contributed by atoms with Crippen LogP contribution < -0.4 is 10.5 Å².